The standard InChI is InChI=1S/C12H14ClNO4/c1-12(2,11(16)17)10(15)14(18)7-8-3-5-9(13)6-4-8/h3-6,18H,7H2,1-2H3,(H,16,17). The molecule has 0 spiro atoms. The van der Waals surface area contributed by atoms with Crippen LogP contribution in [0.2, 0.25) is 5.02 Å². The highest BCUT2D eigenvalue weighted by Crippen LogP contribution is 2.20. The lowest BCUT2D eigenvalue weighted by Gasteiger charge is -2.24. The number of halogens is 1. The molecule has 1 aromatic rings. The van der Waals surface area contributed by atoms with Gasteiger partial charge in [0.2, 0.25) is 0 Å². The van der Waals surface area contributed by atoms with Crippen LogP contribution in [0.5, 0.6) is 0 Å². The van der Waals surface area contributed by atoms with Crippen LogP contribution in [0.25, 0.3) is 0 Å². The topological polar surface area (TPSA) is 77.8 Å². The van der Waals surface area contributed by atoms with Gasteiger partial charge in [-0.2, -0.15) is 0 Å². The lowest BCUT2D eigenvalue weighted by atomic mass is 9.92. The molecule has 0 unspecified atom stereocenters. The van der Waals surface area contributed by atoms with Crippen molar-refractivity contribution in [3.63, 3.8) is 0 Å². The minimum atomic E-state index is -1.67. The van der Waals surface area contributed by atoms with Crippen molar-refractivity contribution in [3.05, 3.63) is 34.9 Å². The Kier molecular flexibility index (Phi) is 4.32. The van der Waals surface area contributed by atoms with Crippen molar-refractivity contribution in [1.82, 2.24) is 5.06 Å². The van der Waals surface area contributed by atoms with Crippen molar-refractivity contribution in [2.24, 2.45) is 5.41 Å². The molecule has 0 fully saturated rings. The van der Waals surface area contributed by atoms with Crippen molar-refractivity contribution in [2.45, 2.75) is 20.4 Å². The molecule has 6 heteroatoms. The van der Waals surface area contributed by atoms with Gasteiger partial charge in [0, 0.05) is 5.02 Å². The Morgan fingerprint density at radius 3 is 2.22 bits per heavy atom. The molecule has 0 radical (unpaired) electrons. The Balaban J connectivity index is 2.77. The number of hydrogen-bond donors (Lipinski definition) is 2. The largest absolute Gasteiger partial charge is 0.480 e. The van der Waals surface area contributed by atoms with Crippen molar-refractivity contribution in [1.29, 1.82) is 0 Å². The second-order valence-electron chi connectivity index (χ2n) is 4.42. The van der Waals surface area contributed by atoms with E-state index in [0.717, 1.165) is 0 Å². The molecule has 0 saturated carbocycles. The number of hydroxylamine groups is 2. The zero-order chi connectivity index (χ0) is 13.9. The number of amides is 1. The van der Waals surface area contributed by atoms with Crippen molar-refractivity contribution >= 4 is 23.5 Å². The maximum absolute atomic E-state index is 11.7. The smallest absolute Gasteiger partial charge is 0.318 e. The second-order valence-corrected chi connectivity index (χ2v) is 4.86. The molecule has 0 aliphatic heterocycles. The molecule has 1 amide bonds. The van der Waals surface area contributed by atoms with Crippen LogP contribution in [0.1, 0.15) is 19.4 Å². The Labute approximate surface area is 110 Å². The van der Waals surface area contributed by atoms with E-state index in [1.54, 1.807) is 24.3 Å². The van der Waals surface area contributed by atoms with Gasteiger partial charge in [0.1, 0.15) is 5.41 Å². The van der Waals surface area contributed by atoms with Crippen molar-refractivity contribution < 1.29 is 19.9 Å². The summed E-state index contributed by atoms with van der Waals surface area (Å²) in [7, 11) is 0. The number of rotatable bonds is 4. The van der Waals surface area contributed by atoms with Crippen LogP contribution >= 0.6 is 11.6 Å². The highest BCUT2D eigenvalue weighted by atomic mass is 35.5. The SMILES string of the molecule is CC(C)(C(=O)O)C(=O)N(O)Cc1ccc(Cl)cc1. The summed E-state index contributed by atoms with van der Waals surface area (Å²) in [5.41, 5.74) is -1.02. The number of benzene rings is 1. The summed E-state index contributed by atoms with van der Waals surface area (Å²) >= 11 is 5.70. The third-order valence-electron chi connectivity index (χ3n) is 2.55. The number of carboxylic acid groups (broad SMARTS) is 1. The van der Waals surface area contributed by atoms with Crippen LogP contribution in [0.4, 0.5) is 0 Å². The fourth-order valence-corrected chi connectivity index (χ4v) is 1.37. The first kappa shape index (κ1) is 14.5. The summed E-state index contributed by atoms with van der Waals surface area (Å²) < 4.78 is 0. The molecule has 0 aliphatic carbocycles. The third kappa shape index (κ3) is 3.21. The minimum Gasteiger partial charge on any atom is -0.480 e. The van der Waals surface area contributed by atoms with E-state index in [0.29, 0.717) is 15.6 Å². The highest BCUT2D eigenvalue weighted by Gasteiger charge is 2.39. The van der Waals surface area contributed by atoms with Crippen LogP contribution in [0, 0.1) is 5.41 Å². The lowest BCUT2D eigenvalue weighted by molar-refractivity contribution is -0.183. The van der Waals surface area contributed by atoms with Gasteiger partial charge in [0.25, 0.3) is 5.91 Å². The average molecular weight is 272 g/mol. The van der Waals surface area contributed by atoms with E-state index in [-0.39, 0.29) is 6.54 Å². The summed E-state index contributed by atoms with van der Waals surface area (Å²) in [4.78, 5) is 22.6. The number of nitrogens with zero attached hydrogens (tertiary/aromatic N) is 1. The molecule has 98 valence electrons. The number of carbonyl (C=O) groups excluding carboxylic acids is 1. The summed E-state index contributed by atoms with van der Waals surface area (Å²) in [5, 5.41) is 19.4. The summed E-state index contributed by atoms with van der Waals surface area (Å²) in [6, 6.07) is 6.54. The van der Waals surface area contributed by atoms with Gasteiger partial charge < -0.3 is 5.11 Å². The average Bonchev–Trinajstić information content (AvgIpc) is 2.30. The van der Waals surface area contributed by atoms with Crippen molar-refractivity contribution in [2.75, 3.05) is 0 Å². The van der Waals surface area contributed by atoms with E-state index in [1.807, 2.05) is 0 Å². The zero-order valence-electron chi connectivity index (χ0n) is 10.1. The van der Waals surface area contributed by atoms with Crippen LogP contribution in [0.3, 0.4) is 0 Å². The molecule has 1 rings (SSSR count). The predicted octanol–water partition coefficient (Wildman–Crippen LogP) is 2.17. The molecule has 0 aromatic heterocycles. The Hall–Kier alpha value is -1.59. The normalized spacial score (nSPS) is 11.1. The molecule has 0 atom stereocenters. The third-order valence-corrected chi connectivity index (χ3v) is 2.80. The number of carboxylic acids is 1. The molecule has 18 heavy (non-hydrogen) atoms. The van der Waals surface area contributed by atoms with E-state index in [4.69, 9.17) is 16.7 Å². The molecule has 0 saturated heterocycles. The maximum atomic E-state index is 11.7. The van der Waals surface area contributed by atoms with Crippen molar-refractivity contribution in [3.8, 4) is 0 Å². The van der Waals surface area contributed by atoms with Gasteiger partial charge >= 0.3 is 5.97 Å². The van der Waals surface area contributed by atoms with Crippen LogP contribution in [-0.4, -0.2) is 27.3 Å². The molecular formula is C12H14ClNO4. The van der Waals surface area contributed by atoms with Crippen LogP contribution < -0.4 is 0 Å². The van der Waals surface area contributed by atoms with E-state index in [2.05, 4.69) is 0 Å². The van der Waals surface area contributed by atoms with Gasteiger partial charge in [0.15, 0.2) is 0 Å². The molecule has 0 heterocycles. The van der Waals surface area contributed by atoms with E-state index >= 15 is 0 Å². The summed E-state index contributed by atoms with van der Waals surface area (Å²) in [6.07, 6.45) is 0. The van der Waals surface area contributed by atoms with Gasteiger partial charge in [-0.05, 0) is 31.5 Å². The Bertz CT molecular complexity index is 456. The maximum Gasteiger partial charge on any atom is 0.318 e. The monoisotopic (exact) mass is 271 g/mol. The fourth-order valence-electron chi connectivity index (χ4n) is 1.25. The molecule has 2 N–H and O–H groups in total. The van der Waals surface area contributed by atoms with E-state index in [9.17, 15) is 14.8 Å². The predicted molar refractivity (Wildman–Crippen MR) is 65.2 cm³/mol. The van der Waals surface area contributed by atoms with E-state index < -0.39 is 17.3 Å². The Morgan fingerprint density at radius 2 is 1.78 bits per heavy atom. The molecule has 0 bridgehead atoms. The van der Waals surface area contributed by atoms with Gasteiger partial charge in [-0.1, -0.05) is 23.7 Å². The fraction of sp³-hybridized carbons (Fsp3) is 0.333. The molecule has 0 aliphatic rings. The number of hydrogen-bond acceptors (Lipinski definition) is 3. The van der Waals surface area contributed by atoms with Gasteiger partial charge in [-0.15, -0.1) is 0 Å². The second kappa shape index (κ2) is 5.37. The first-order valence-electron chi connectivity index (χ1n) is 5.24. The quantitative estimate of drug-likeness (QED) is 0.500. The van der Waals surface area contributed by atoms with Gasteiger partial charge in [0.05, 0.1) is 6.54 Å². The molecule has 1 aromatic carbocycles. The lowest BCUT2D eigenvalue weighted by Crippen LogP contribution is -2.43. The van der Waals surface area contributed by atoms with Crippen LogP contribution in [0.15, 0.2) is 24.3 Å². The summed E-state index contributed by atoms with van der Waals surface area (Å²) in [6.45, 7) is 2.39. The summed E-state index contributed by atoms with van der Waals surface area (Å²) in [5.74, 6) is -2.16. The molecular weight excluding hydrogens is 258 g/mol. The minimum absolute atomic E-state index is 0.0906. The first-order valence-corrected chi connectivity index (χ1v) is 5.61. The number of aliphatic carboxylic acids is 1. The number of carbonyl (C=O) groups is 2. The first-order chi connectivity index (χ1) is 8.25. The van der Waals surface area contributed by atoms with Crippen LogP contribution in [-0.2, 0) is 16.1 Å². The van der Waals surface area contributed by atoms with Gasteiger partial charge in [-0.25, -0.2) is 5.06 Å². The molecule has 5 nitrogen and oxygen atoms in total. The Morgan fingerprint density at radius 1 is 1.28 bits per heavy atom. The zero-order valence-corrected chi connectivity index (χ0v) is 10.8. The van der Waals surface area contributed by atoms with E-state index in [1.165, 1.54) is 13.8 Å². The van der Waals surface area contributed by atoms with Gasteiger partial charge in [-0.3, -0.25) is 14.8 Å². The highest BCUT2D eigenvalue weighted by molar-refractivity contribution is 6.30.